The monoisotopic (exact) mass is 546 g/mol. The molecular formula is C25H22O14. The zero-order valence-electron chi connectivity index (χ0n) is 21.2. The number of hydrogen-bond acceptors (Lipinski definition) is 14. The van der Waals surface area contributed by atoms with Crippen LogP contribution < -0.4 is 34.2 Å². The van der Waals surface area contributed by atoms with E-state index < -0.39 is 24.6 Å². The fourth-order valence-electron chi connectivity index (χ4n) is 4.15. The highest BCUT2D eigenvalue weighted by molar-refractivity contribution is 6.03. The molecule has 0 unspecified atom stereocenters. The molecule has 39 heavy (non-hydrogen) atoms. The van der Waals surface area contributed by atoms with Crippen LogP contribution in [0.5, 0.6) is 34.5 Å². The van der Waals surface area contributed by atoms with Crippen molar-refractivity contribution in [3.05, 3.63) is 45.4 Å². The van der Waals surface area contributed by atoms with Gasteiger partial charge in [-0.15, -0.1) is 0 Å². The molecule has 0 amide bonds. The SMILES string of the molecule is COC(=O)c1cc(OC)c2c(c1-c1c(COC(=O)OCc3oc(=O)oc3C)cc(OC)c3c1OCO3)OCO2. The van der Waals surface area contributed by atoms with Crippen molar-refractivity contribution < 1.29 is 61.1 Å². The van der Waals surface area contributed by atoms with E-state index in [4.69, 9.17) is 51.5 Å². The minimum atomic E-state index is -1.08. The molecule has 2 aliphatic heterocycles. The van der Waals surface area contributed by atoms with E-state index in [1.165, 1.54) is 34.3 Å². The Bertz CT molecular complexity index is 1500. The molecule has 1 aromatic heterocycles. The summed E-state index contributed by atoms with van der Waals surface area (Å²) in [6, 6.07) is 3.00. The van der Waals surface area contributed by atoms with E-state index in [9.17, 15) is 14.4 Å². The van der Waals surface area contributed by atoms with Crippen molar-refractivity contribution in [3.8, 4) is 45.6 Å². The van der Waals surface area contributed by atoms with Crippen LogP contribution in [0.3, 0.4) is 0 Å². The van der Waals surface area contributed by atoms with Gasteiger partial charge in [0.1, 0.15) is 6.61 Å². The zero-order chi connectivity index (χ0) is 27.7. The third-order valence-electron chi connectivity index (χ3n) is 5.90. The summed E-state index contributed by atoms with van der Waals surface area (Å²) in [5.41, 5.74) is 0.947. The molecule has 0 spiro atoms. The van der Waals surface area contributed by atoms with Gasteiger partial charge in [-0.25, -0.2) is 14.4 Å². The Morgan fingerprint density at radius 3 is 1.97 bits per heavy atom. The van der Waals surface area contributed by atoms with Gasteiger partial charge in [-0.1, -0.05) is 0 Å². The Morgan fingerprint density at radius 1 is 0.795 bits per heavy atom. The van der Waals surface area contributed by atoms with E-state index >= 15 is 0 Å². The maximum Gasteiger partial charge on any atom is 0.519 e. The number of aryl methyl sites for hydroxylation is 1. The molecule has 0 saturated heterocycles. The fourth-order valence-corrected chi connectivity index (χ4v) is 4.15. The van der Waals surface area contributed by atoms with Crippen LogP contribution in [0.1, 0.15) is 27.4 Å². The van der Waals surface area contributed by atoms with Gasteiger partial charge in [0.2, 0.25) is 25.1 Å². The van der Waals surface area contributed by atoms with E-state index in [2.05, 4.69) is 0 Å². The Balaban J connectivity index is 1.57. The molecule has 2 aliphatic rings. The Hall–Kier alpha value is -5.01. The first-order valence-corrected chi connectivity index (χ1v) is 11.3. The van der Waals surface area contributed by atoms with Crippen molar-refractivity contribution in [2.75, 3.05) is 34.9 Å². The summed E-state index contributed by atoms with van der Waals surface area (Å²) >= 11 is 0. The maximum absolute atomic E-state index is 12.9. The first kappa shape index (κ1) is 25.6. The molecule has 0 bridgehead atoms. The van der Waals surface area contributed by atoms with Gasteiger partial charge in [-0.05, 0) is 19.1 Å². The normalized spacial score (nSPS) is 12.7. The van der Waals surface area contributed by atoms with E-state index in [0.717, 1.165) is 0 Å². The van der Waals surface area contributed by atoms with Gasteiger partial charge in [0, 0.05) is 16.7 Å². The first-order chi connectivity index (χ1) is 18.9. The van der Waals surface area contributed by atoms with Gasteiger partial charge in [0.25, 0.3) is 0 Å². The van der Waals surface area contributed by atoms with Gasteiger partial charge in [-0.2, -0.15) is 0 Å². The number of benzene rings is 2. The van der Waals surface area contributed by atoms with E-state index in [0.29, 0.717) is 11.1 Å². The van der Waals surface area contributed by atoms with Crippen LogP contribution in [0.4, 0.5) is 4.79 Å². The number of carbonyl (C=O) groups is 2. The molecule has 0 fully saturated rings. The molecule has 3 aromatic rings. The molecule has 2 aromatic carbocycles. The van der Waals surface area contributed by atoms with Crippen LogP contribution in [0.15, 0.2) is 25.8 Å². The van der Waals surface area contributed by atoms with Gasteiger partial charge >= 0.3 is 17.9 Å². The maximum atomic E-state index is 12.9. The largest absolute Gasteiger partial charge is 0.519 e. The topological polar surface area (TPSA) is 161 Å². The van der Waals surface area contributed by atoms with Crippen LogP contribution in [-0.2, 0) is 27.4 Å². The molecule has 0 aliphatic carbocycles. The molecule has 14 nitrogen and oxygen atoms in total. The van der Waals surface area contributed by atoms with Gasteiger partial charge in [0.05, 0.1) is 26.9 Å². The summed E-state index contributed by atoms with van der Waals surface area (Å²) < 4.78 is 58.5. The van der Waals surface area contributed by atoms with Crippen molar-refractivity contribution in [1.29, 1.82) is 0 Å². The van der Waals surface area contributed by atoms with Gasteiger partial charge in [-0.3, -0.25) is 0 Å². The number of esters is 1. The zero-order valence-corrected chi connectivity index (χ0v) is 21.2. The van der Waals surface area contributed by atoms with Crippen molar-refractivity contribution >= 4 is 12.1 Å². The lowest BCUT2D eigenvalue weighted by Crippen LogP contribution is -2.10. The standard InChI is InChI=1S/C25H22O14/c1-11-16(39-25(28)38-11)8-33-24(27)32-7-12-5-14(29-2)19-21(36-9-34-19)17(12)18-13(23(26)31-4)6-15(30-3)20-22(18)37-10-35-20/h5-6H,7-10H2,1-4H3. The number of methoxy groups -OCH3 is 3. The average Bonchev–Trinajstić information content (AvgIpc) is 3.69. The second-order valence-electron chi connectivity index (χ2n) is 8.00. The summed E-state index contributed by atoms with van der Waals surface area (Å²) in [5, 5.41) is 0. The summed E-state index contributed by atoms with van der Waals surface area (Å²) in [6.07, 6.45) is -1.08. The first-order valence-electron chi connectivity index (χ1n) is 11.3. The highest BCUT2D eigenvalue weighted by Gasteiger charge is 2.36. The lowest BCUT2D eigenvalue weighted by atomic mass is 9.92. The number of ether oxygens (including phenoxy) is 9. The molecular weight excluding hydrogens is 524 g/mol. The van der Waals surface area contributed by atoms with Crippen molar-refractivity contribution in [1.82, 2.24) is 0 Å². The molecule has 14 heteroatoms. The van der Waals surface area contributed by atoms with E-state index in [1.807, 2.05) is 0 Å². The molecule has 0 atom stereocenters. The van der Waals surface area contributed by atoms with Gasteiger partial charge < -0.3 is 51.5 Å². The van der Waals surface area contributed by atoms with Crippen LogP contribution in [0.25, 0.3) is 11.1 Å². The minimum Gasteiger partial charge on any atom is -0.493 e. The van der Waals surface area contributed by atoms with E-state index in [1.54, 1.807) is 6.07 Å². The summed E-state index contributed by atoms with van der Waals surface area (Å²) in [4.78, 5) is 36.5. The number of carbonyl (C=O) groups excluding carboxylic acids is 2. The predicted molar refractivity (Wildman–Crippen MR) is 126 cm³/mol. The molecule has 206 valence electrons. The average molecular weight is 546 g/mol. The van der Waals surface area contributed by atoms with Crippen molar-refractivity contribution in [2.24, 2.45) is 0 Å². The highest BCUT2D eigenvalue weighted by Crippen LogP contribution is 2.56. The van der Waals surface area contributed by atoms with Crippen LogP contribution in [0, 0.1) is 6.92 Å². The lowest BCUT2D eigenvalue weighted by molar-refractivity contribution is 0.0399. The second kappa shape index (κ2) is 10.4. The Kier molecular flexibility index (Phi) is 6.83. The molecule has 3 heterocycles. The van der Waals surface area contributed by atoms with Crippen molar-refractivity contribution in [2.45, 2.75) is 20.1 Å². The molecule has 0 saturated carbocycles. The number of fused-ring (bicyclic) bond motifs is 2. The number of rotatable bonds is 8. The van der Waals surface area contributed by atoms with Crippen LogP contribution in [0.2, 0.25) is 0 Å². The third kappa shape index (κ3) is 4.60. The fraction of sp³-hybridized carbons (Fsp3) is 0.320. The van der Waals surface area contributed by atoms with Crippen LogP contribution >= 0.6 is 0 Å². The van der Waals surface area contributed by atoms with Crippen LogP contribution in [-0.4, -0.2) is 47.0 Å². The lowest BCUT2D eigenvalue weighted by Gasteiger charge is -2.19. The Morgan fingerprint density at radius 2 is 1.38 bits per heavy atom. The highest BCUT2D eigenvalue weighted by atomic mass is 16.7. The van der Waals surface area contributed by atoms with Crippen molar-refractivity contribution in [3.63, 3.8) is 0 Å². The summed E-state index contributed by atoms with van der Waals surface area (Å²) in [6.45, 7) is 0.456. The smallest absolute Gasteiger partial charge is 0.493 e. The molecule has 0 radical (unpaired) electrons. The third-order valence-corrected chi connectivity index (χ3v) is 5.90. The minimum absolute atomic E-state index is 0.0380. The summed E-state index contributed by atoms with van der Waals surface area (Å²) in [7, 11) is 4.07. The predicted octanol–water partition coefficient (Wildman–Crippen LogP) is 3.32. The summed E-state index contributed by atoms with van der Waals surface area (Å²) in [5.74, 6) is 0.0436. The number of hydrogen-bond donors (Lipinski definition) is 0. The van der Waals surface area contributed by atoms with Gasteiger partial charge in [0.15, 0.2) is 41.1 Å². The quantitative estimate of drug-likeness (QED) is 0.378. The molecule has 0 N–H and O–H groups in total. The van der Waals surface area contributed by atoms with E-state index in [-0.39, 0.29) is 77.3 Å². The molecule has 5 rings (SSSR count). The second-order valence-corrected chi connectivity index (χ2v) is 8.00. The Labute approximate surface area is 219 Å².